The van der Waals surface area contributed by atoms with E-state index in [0.717, 1.165) is 21.9 Å². The summed E-state index contributed by atoms with van der Waals surface area (Å²) in [6.07, 6.45) is 0. The third-order valence-corrected chi connectivity index (χ3v) is 4.62. The summed E-state index contributed by atoms with van der Waals surface area (Å²) in [5.41, 5.74) is -0.205. The van der Waals surface area contributed by atoms with Crippen LogP contribution >= 0.6 is 11.8 Å². The monoisotopic (exact) mass is 396 g/mol. The quantitative estimate of drug-likeness (QED) is 0.553. The Morgan fingerprint density at radius 3 is 2.50 bits per heavy atom. The Labute approximate surface area is 164 Å². The van der Waals surface area contributed by atoms with Gasteiger partial charge in [0, 0.05) is 21.9 Å². The summed E-state index contributed by atoms with van der Waals surface area (Å²) < 4.78 is 4.91. The Morgan fingerprint density at radius 2 is 1.75 bits per heavy atom. The maximum absolute atomic E-state index is 12.2. The van der Waals surface area contributed by atoms with Crippen LogP contribution < -0.4 is 10.9 Å². The summed E-state index contributed by atoms with van der Waals surface area (Å²) in [5.74, 6) is -1.87. The SMILES string of the molecule is O=C(COC(=O)c1cc(O)[nH]c(=O)c1)Nc1ccccc1Sc1ccccc1. The van der Waals surface area contributed by atoms with Gasteiger partial charge in [-0.25, -0.2) is 4.79 Å². The number of hydrogen-bond acceptors (Lipinski definition) is 6. The first kappa shape index (κ1) is 19.2. The van der Waals surface area contributed by atoms with E-state index in [1.54, 1.807) is 12.1 Å². The molecule has 1 heterocycles. The minimum absolute atomic E-state index is 0.144. The number of nitrogens with one attached hydrogen (secondary N) is 2. The molecule has 0 unspecified atom stereocenters. The molecular formula is C20H16N2O5S. The van der Waals surface area contributed by atoms with E-state index in [2.05, 4.69) is 10.3 Å². The normalized spacial score (nSPS) is 10.3. The fourth-order valence-corrected chi connectivity index (χ4v) is 3.24. The van der Waals surface area contributed by atoms with Crippen molar-refractivity contribution >= 4 is 29.3 Å². The maximum atomic E-state index is 12.2. The van der Waals surface area contributed by atoms with Crippen LogP contribution in [0, 0.1) is 0 Å². The Kier molecular flexibility index (Phi) is 6.13. The first-order valence-corrected chi connectivity index (χ1v) is 9.05. The molecule has 7 nitrogen and oxygen atoms in total. The minimum Gasteiger partial charge on any atom is -0.494 e. The van der Waals surface area contributed by atoms with Crippen LogP contribution in [-0.4, -0.2) is 28.6 Å². The minimum atomic E-state index is -0.886. The molecule has 1 aromatic heterocycles. The van der Waals surface area contributed by atoms with Crippen molar-refractivity contribution in [2.45, 2.75) is 9.79 Å². The van der Waals surface area contributed by atoms with Gasteiger partial charge in [0.1, 0.15) is 0 Å². The lowest BCUT2D eigenvalue weighted by atomic mass is 10.3. The maximum Gasteiger partial charge on any atom is 0.339 e. The lowest BCUT2D eigenvalue weighted by Gasteiger charge is -2.11. The molecule has 0 spiro atoms. The van der Waals surface area contributed by atoms with E-state index >= 15 is 0 Å². The van der Waals surface area contributed by atoms with Gasteiger partial charge in [-0.05, 0) is 24.3 Å². The molecule has 0 aliphatic heterocycles. The Hall–Kier alpha value is -3.52. The molecule has 0 saturated heterocycles. The summed E-state index contributed by atoms with van der Waals surface area (Å²) >= 11 is 1.49. The fourth-order valence-electron chi connectivity index (χ4n) is 2.32. The van der Waals surface area contributed by atoms with Gasteiger partial charge in [-0.2, -0.15) is 0 Å². The van der Waals surface area contributed by atoms with Crippen LogP contribution in [-0.2, 0) is 9.53 Å². The number of aromatic hydroxyl groups is 1. The van der Waals surface area contributed by atoms with E-state index in [4.69, 9.17) is 4.74 Å². The second kappa shape index (κ2) is 8.92. The average Bonchev–Trinajstić information content (AvgIpc) is 2.68. The third kappa shape index (κ3) is 5.24. The van der Waals surface area contributed by atoms with Gasteiger partial charge < -0.3 is 15.2 Å². The topological polar surface area (TPSA) is 108 Å². The predicted molar refractivity (Wildman–Crippen MR) is 105 cm³/mol. The van der Waals surface area contributed by atoms with Crippen molar-refractivity contribution in [3.63, 3.8) is 0 Å². The second-order valence-electron chi connectivity index (χ2n) is 5.65. The molecule has 0 bridgehead atoms. The number of carbonyl (C=O) groups is 2. The molecule has 28 heavy (non-hydrogen) atoms. The Bertz CT molecular complexity index is 1050. The molecule has 8 heteroatoms. The molecular weight excluding hydrogens is 380 g/mol. The molecule has 0 fully saturated rings. The van der Waals surface area contributed by atoms with Crippen molar-refractivity contribution in [2.24, 2.45) is 0 Å². The van der Waals surface area contributed by atoms with E-state index in [1.807, 2.05) is 42.5 Å². The number of para-hydroxylation sites is 1. The van der Waals surface area contributed by atoms with Crippen LogP contribution in [0.4, 0.5) is 5.69 Å². The zero-order valence-corrected chi connectivity index (χ0v) is 15.4. The fraction of sp³-hybridized carbons (Fsp3) is 0.0500. The van der Waals surface area contributed by atoms with E-state index in [1.165, 1.54) is 11.8 Å². The lowest BCUT2D eigenvalue weighted by molar-refractivity contribution is -0.119. The Morgan fingerprint density at radius 1 is 1.04 bits per heavy atom. The van der Waals surface area contributed by atoms with Crippen molar-refractivity contribution in [2.75, 3.05) is 11.9 Å². The number of aromatic amines is 1. The number of pyridine rings is 1. The highest BCUT2D eigenvalue weighted by Crippen LogP contribution is 2.33. The molecule has 142 valence electrons. The van der Waals surface area contributed by atoms with E-state index in [0.29, 0.717) is 5.69 Å². The Balaban J connectivity index is 1.62. The van der Waals surface area contributed by atoms with Gasteiger partial charge >= 0.3 is 5.97 Å². The van der Waals surface area contributed by atoms with Crippen molar-refractivity contribution in [3.05, 3.63) is 82.6 Å². The zero-order valence-electron chi connectivity index (χ0n) is 14.5. The van der Waals surface area contributed by atoms with Gasteiger partial charge in [-0.1, -0.05) is 42.1 Å². The number of ether oxygens (including phenoxy) is 1. The summed E-state index contributed by atoms with van der Waals surface area (Å²) in [6, 6.07) is 19.0. The standard InChI is InChI=1S/C20H16N2O5S/c23-17-10-13(11-18(24)22-17)20(26)27-12-19(25)21-15-8-4-5-9-16(15)28-14-6-2-1-3-7-14/h1-11H,12H2,(H,21,25)(H2,22,23,24). The van der Waals surface area contributed by atoms with Crippen LogP contribution in [0.5, 0.6) is 5.88 Å². The number of amides is 1. The summed E-state index contributed by atoms with van der Waals surface area (Å²) in [4.78, 5) is 39.4. The summed E-state index contributed by atoms with van der Waals surface area (Å²) in [7, 11) is 0. The first-order chi connectivity index (χ1) is 13.5. The smallest absolute Gasteiger partial charge is 0.339 e. The molecule has 3 aromatic rings. The molecule has 0 atom stereocenters. The highest BCUT2D eigenvalue weighted by molar-refractivity contribution is 7.99. The number of benzene rings is 2. The van der Waals surface area contributed by atoms with Crippen molar-refractivity contribution in [3.8, 4) is 5.88 Å². The molecule has 0 saturated carbocycles. The number of hydrogen-bond donors (Lipinski definition) is 3. The van der Waals surface area contributed by atoms with Gasteiger partial charge in [0.25, 0.3) is 11.5 Å². The third-order valence-electron chi connectivity index (χ3n) is 3.53. The summed E-state index contributed by atoms with van der Waals surface area (Å²) in [6.45, 7) is -0.531. The summed E-state index contributed by atoms with van der Waals surface area (Å²) in [5, 5.41) is 12.0. The van der Waals surface area contributed by atoms with Crippen molar-refractivity contribution < 1.29 is 19.4 Å². The number of carbonyl (C=O) groups excluding carboxylic acids is 2. The molecule has 3 N–H and O–H groups in total. The molecule has 1 amide bonds. The van der Waals surface area contributed by atoms with Crippen LogP contribution in [0.1, 0.15) is 10.4 Å². The molecule has 0 aliphatic carbocycles. The van der Waals surface area contributed by atoms with Crippen LogP contribution in [0.15, 0.2) is 81.3 Å². The highest BCUT2D eigenvalue weighted by Gasteiger charge is 2.13. The van der Waals surface area contributed by atoms with Gasteiger partial charge in [0.05, 0.1) is 11.3 Å². The molecule has 0 aliphatic rings. The molecule has 0 radical (unpaired) electrons. The van der Waals surface area contributed by atoms with Gasteiger partial charge in [0.2, 0.25) is 0 Å². The largest absolute Gasteiger partial charge is 0.494 e. The van der Waals surface area contributed by atoms with E-state index in [9.17, 15) is 19.5 Å². The average molecular weight is 396 g/mol. The van der Waals surface area contributed by atoms with E-state index in [-0.39, 0.29) is 5.56 Å². The number of rotatable bonds is 6. The zero-order chi connectivity index (χ0) is 19.9. The van der Waals surface area contributed by atoms with E-state index < -0.39 is 29.9 Å². The first-order valence-electron chi connectivity index (χ1n) is 8.23. The lowest BCUT2D eigenvalue weighted by Crippen LogP contribution is -2.22. The van der Waals surface area contributed by atoms with Gasteiger partial charge in [0.15, 0.2) is 12.5 Å². The predicted octanol–water partition coefficient (Wildman–Crippen LogP) is 3.03. The van der Waals surface area contributed by atoms with Crippen molar-refractivity contribution in [1.82, 2.24) is 4.98 Å². The van der Waals surface area contributed by atoms with Crippen LogP contribution in [0.25, 0.3) is 0 Å². The molecule has 3 rings (SSSR count). The van der Waals surface area contributed by atoms with Gasteiger partial charge in [-0.15, -0.1) is 0 Å². The van der Waals surface area contributed by atoms with Crippen molar-refractivity contribution in [1.29, 1.82) is 0 Å². The highest BCUT2D eigenvalue weighted by atomic mass is 32.2. The van der Waals surface area contributed by atoms with Crippen LogP contribution in [0.2, 0.25) is 0 Å². The second-order valence-corrected chi connectivity index (χ2v) is 6.77. The molecule has 2 aromatic carbocycles. The number of anilines is 1. The number of H-pyrrole nitrogens is 1. The van der Waals surface area contributed by atoms with Crippen LogP contribution in [0.3, 0.4) is 0 Å². The number of aromatic nitrogens is 1. The van der Waals surface area contributed by atoms with Gasteiger partial charge in [-0.3, -0.25) is 14.6 Å². The number of esters is 1.